The summed E-state index contributed by atoms with van der Waals surface area (Å²) in [6.07, 6.45) is 9.35. The van der Waals surface area contributed by atoms with Crippen LogP contribution in [0.15, 0.2) is 30.0 Å². The molecule has 1 nitrogen and oxygen atoms in total. The van der Waals surface area contributed by atoms with Gasteiger partial charge in [-0.15, -0.1) is 0 Å². The molecule has 1 aliphatic carbocycles. The summed E-state index contributed by atoms with van der Waals surface area (Å²) < 4.78 is 0. The van der Waals surface area contributed by atoms with Crippen molar-refractivity contribution in [2.75, 3.05) is 0 Å². The quantitative estimate of drug-likeness (QED) is 0.613. The Morgan fingerprint density at radius 2 is 2.00 bits per heavy atom. The molecular formula is C11H13N. The number of nitrogens with zero attached hydrogens (tertiary/aromatic N) is 1. The van der Waals surface area contributed by atoms with Crippen LogP contribution >= 0.6 is 0 Å². The Balaban J connectivity index is 2.16. The van der Waals surface area contributed by atoms with Crippen LogP contribution in [-0.4, -0.2) is 4.98 Å². The van der Waals surface area contributed by atoms with Gasteiger partial charge in [0.2, 0.25) is 0 Å². The Hall–Kier alpha value is -1.11. The lowest BCUT2D eigenvalue weighted by molar-refractivity contribution is 0.886. The van der Waals surface area contributed by atoms with E-state index in [-0.39, 0.29) is 0 Å². The smallest absolute Gasteiger partial charge is 0.0629 e. The summed E-state index contributed by atoms with van der Waals surface area (Å²) in [6, 6.07) is 6.05. The fourth-order valence-corrected chi connectivity index (χ4v) is 1.64. The zero-order chi connectivity index (χ0) is 8.23. The Bertz CT molecular complexity index is 266. The van der Waals surface area contributed by atoms with Crippen LogP contribution in [0.25, 0.3) is 6.08 Å². The van der Waals surface area contributed by atoms with E-state index >= 15 is 0 Å². The molecule has 0 bridgehead atoms. The molecule has 1 aliphatic rings. The van der Waals surface area contributed by atoms with Gasteiger partial charge in [0.25, 0.3) is 0 Å². The molecule has 0 radical (unpaired) electrons. The zero-order valence-electron chi connectivity index (χ0n) is 7.16. The molecule has 0 amide bonds. The molecule has 1 aromatic rings. The number of allylic oxidation sites excluding steroid dienone is 1. The van der Waals surface area contributed by atoms with E-state index in [1.54, 1.807) is 5.57 Å². The molecule has 1 fully saturated rings. The van der Waals surface area contributed by atoms with Crippen molar-refractivity contribution in [2.24, 2.45) is 0 Å². The monoisotopic (exact) mass is 159 g/mol. The lowest BCUT2D eigenvalue weighted by Crippen LogP contribution is -1.79. The van der Waals surface area contributed by atoms with Crippen LogP contribution in [0.4, 0.5) is 0 Å². The first-order valence-corrected chi connectivity index (χ1v) is 4.55. The molecule has 2 rings (SSSR count). The number of rotatable bonds is 1. The van der Waals surface area contributed by atoms with Gasteiger partial charge in [-0.25, -0.2) is 0 Å². The van der Waals surface area contributed by atoms with E-state index in [1.165, 1.54) is 25.7 Å². The minimum absolute atomic E-state index is 1.11. The predicted molar refractivity (Wildman–Crippen MR) is 50.7 cm³/mol. The zero-order valence-corrected chi connectivity index (χ0v) is 7.16. The fourth-order valence-electron chi connectivity index (χ4n) is 1.64. The Kier molecular flexibility index (Phi) is 2.21. The number of hydrogen-bond donors (Lipinski definition) is 0. The van der Waals surface area contributed by atoms with Gasteiger partial charge in [-0.1, -0.05) is 11.6 Å². The average molecular weight is 159 g/mol. The van der Waals surface area contributed by atoms with Crippen LogP contribution in [0.3, 0.4) is 0 Å². The van der Waals surface area contributed by atoms with Crippen LogP contribution in [0.1, 0.15) is 31.4 Å². The van der Waals surface area contributed by atoms with Crippen LogP contribution in [0, 0.1) is 0 Å². The van der Waals surface area contributed by atoms with E-state index in [4.69, 9.17) is 0 Å². The molecule has 1 heterocycles. The molecule has 0 spiro atoms. The highest BCUT2D eigenvalue weighted by molar-refractivity contribution is 5.48. The van der Waals surface area contributed by atoms with Gasteiger partial charge in [0, 0.05) is 6.20 Å². The molecular weight excluding hydrogens is 146 g/mol. The van der Waals surface area contributed by atoms with Gasteiger partial charge in [0.1, 0.15) is 0 Å². The third-order valence-electron chi connectivity index (χ3n) is 2.29. The summed E-state index contributed by atoms with van der Waals surface area (Å²) in [4.78, 5) is 4.27. The molecule has 0 unspecified atom stereocenters. The summed E-state index contributed by atoms with van der Waals surface area (Å²) in [5.74, 6) is 0. The Labute approximate surface area is 73.1 Å². The minimum Gasteiger partial charge on any atom is -0.257 e. The second-order valence-electron chi connectivity index (χ2n) is 3.26. The largest absolute Gasteiger partial charge is 0.257 e. The van der Waals surface area contributed by atoms with E-state index in [9.17, 15) is 0 Å². The topological polar surface area (TPSA) is 12.9 Å². The predicted octanol–water partition coefficient (Wildman–Crippen LogP) is 3.04. The third kappa shape index (κ3) is 1.73. The van der Waals surface area contributed by atoms with E-state index in [1.807, 2.05) is 18.3 Å². The summed E-state index contributed by atoms with van der Waals surface area (Å²) in [6.45, 7) is 0. The van der Waals surface area contributed by atoms with Gasteiger partial charge in [0.15, 0.2) is 0 Å². The first-order valence-electron chi connectivity index (χ1n) is 4.55. The van der Waals surface area contributed by atoms with Gasteiger partial charge in [-0.2, -0.15) is 0 Å². The van der Waals surface area contributed by atoms with Gasteiger partial charge >= 0.3 is 0 Å². The lowest BCUT2D eigenvalue weighted by Gasteiger charge is -1.94. The highest BCUT2D eigenvalue weighted by Gasteiger charge is 2.05. The van der Waals surface area contributed by atoms with E-state index in [0.717, 1.165) is 5.69 Å². The summed E-state index contributed by atoms with van der Waals surface area (Å²) in [7, 11) is 0. The van der Waals surface area contributed by atoms with Gasteiger partial charge in [-0.05, 0) is 43.9 Å². The average Bonchev–Trinajstić information content (AvgIpc) is 2.59. The molecule has 0 saturated heterocycles. The first-order chi connectivity index (χ1) is 5.95. The molecule has 0 N–H and O–H groups in total. The normalized spacial score (nSPS) is 16.5. The molecule has 1 heteroatoms. The lowest BCUT2D eigenvalue weighted by atomic mass is 10.2. The van der Waals surface area contributed by atoms with Crippen molar-refractivity contribution in [3.05, 3.63) is 35.7 Å². The van der Waals surface area contributed by atoms with Crippen molar-refractivity contribution < 1.29 is 0 Å². The van der Waals surface area contributed by atoms with Crippen LogP contribution in [0.2, 0.25) is 0 Å². The van der Waals surface area contributed by atoms with E-state index < -0.39 is 0 Å². The van der Waals surface area contributed by atoms with Crippen molar-refractivity contribution in [3.8, 4) is 0 Å². The van der Waals surface area contributed by atoms with Crippen LogP contribution in [-0.2, 0) is 0 Å². The van der Waals surface area contributed by atoms with Crippen LogP contribution in [0.5, 0.6) is 0 Å². The summed E-state index contributed by atoms with van der Waals surface area (Å²) in [5, 5.41) is 0. The van der Waals surface area contributed by atoms with Gasteiger partial charge < -0.3 is 0 Å². The summed E-state index contributed by atoms with van der Waals surface area (Å²) in [5.41, 5.74) is 2.67. The highest BCUT2D eigenvalue weighted by atomic mass is 14.6. The van der Waals surface area contributed by atoms with Crippen molar-refractivity contribution in [2.45, 2.75) is 25.7 Å². The molecule has 12 heavy (non-hydrogen) atoms. The van der Waals surface area contributed by atoms with Crippen molar-refractivity contribution >= 4 is 6.08 Å². The molecule has 1 aromatic heterocycles. The SMILES string of the molecule is C(=C1CCCC1)c1ccccn1. The molecule has 1 saturated carbocycles. The standard InChI is InChI=1S/C11H13N/c1-2-6-10(5-1)9-11-7-3-4-8-12-11/h3-4,7-9H,1-2,5-6H2. The summed E-state index contributed by atoms with van der Waals surface area (Å²) >= 11 is 0. The maximum Gasteiger partial charge on any atom is 0.0629 e. The highest BCUT2D eigenvalue weighted by Crippen LogP contribution is 2.25. The number of pyridine rings is 1. The van der Waals surface area contributed by atoms with Crippen molar-refractivity contribution in [3.63, 3.8) is 0 Å². The van der Waals surface area contributed by atoms with Gasteiger partial charge in [0.05, 0.1) is 5.69 Å². The fraction of sp³-hybridized carbons (Fsp3) is 0.364. The molecule has 0 atom stereocenters. The van der Waals surface area contributed by atoms with Gasteiger partial charge in [-0.3, -0.25) is 4.98 Å². The van der Waals surface area contributed by atoms with Crippen molar-refractivity contribution in [1.82, 2.24) is 4.98 Å². The number of hydrogen-bond acceptors (Lipinski definition) is 1. The molecule has 62 valence electrons. The number of aromatic nitrogens is 1. The molecule has 0 aromatic carbocycles. The van der Waals surface area contributed by atoms with E-state index in [2.05, 4.69) is 17.1 Å². The minimum atomic E-state index is 1.11. The van der Waals surface area contributed by atoms with E-state index in [0.29, 0.717) is 0 Å². The molecule has 0 aliphatic heterocycles. The first kappa shape index (κ1) is 7.53. The third-order valence-corrected chi connectivity index (χ3v) is 2.29. The second kappa shape index (κ2) is 3.53. The Morgan fingerprint density at radius 3 is 2.67 bits per heavy atom. The van der Waals surface area contributed by atoms with Crippen molar-refractivity contribution in [1.29, 1.82) is 0 Å². The van der Waals surface area contributed by atoms with Crippen LogP contribution < -0.4 is 0 Å². The Morgan fingerprint density at radius 1 is 1.17 bits per heavy atom. The second-order valence-corrected chi connectivity index (χ2v) is 3.26. The maximum absolute atomic E-state index is 4.27. The maximum atomic E-state index is 4.27.